The predicted octanol–water partition coefficient (Wildman–Crippen LogP) is 2.70. The van der Waals surface area contributed by atoms with Crippen LogP contribution in [0.25, 0.3) is 5.69 Å². The first-order valence-corrected chi connectivity index (χ1v) is 9.74. The summed E-state index contributed by atoms with van der Waals surface area (Å²) in [5.41, 5.74) is -1.56. The summed E-state index contributed by atoms with van der Waals surface area (Å²) in [7, 11) is -3.98. The molecule has 150 valence electrons. The SMILES string of the molecule is Cc1nnc(C(C)S(=O)(=O)Cc2nnnn2-c2ccc(Cl)cc2C(F)(F)F)o1. The third kappa shape index (κ3) is 3.99. The zero-order chi connectivity index (χ0) is 20.7. The van der Waals surface area contributed by atoms with Crippen molar-refractivity contribution in [2.45, 2.75) is 31.0 Å². The van der Waals surface area contributed by atoms with E-state index in [1.807, 2.05) is 0 Å². The molecule has 9 nitrogen and oxygen atoms in total. The minimum atomic E-state index is -4.75. The van der Waals surface area contributed by atoms with Crippen molar-refractivity contribution < 1.29 is 26.0 Å². The highest BCUT2D eigenvalue weighted by atomic mass is 35.5. The molecule has 1 atom stereocenters. The number of hydrogen-bond acceptors (Lipinski definition) is 8. The van der Waals surface area contributed by atoms with Crippen LogP contribution in [-0.4, -0.2) is 38.8 Å². The van der Waals surface area contributed by atoms with Crippen LogP contribution in [0.1, 0.15) is 35.3 Å². The van der Waals surface area contributed by atoms with Crippen molar-refractivity contribution in [1.82, 2.24) is 30.4 Å². The molecule has 1 unspecified atom stereocenters. The van der Waals surface area contributed by atoms with Crippen molar-refractivity contribution in [3.05, 3.63) is 46.4 Å². The van der Waals surface area contributed by atoms with Crippen LogP contribution in [0.15, 0.2) is 22.6 Å². The van der Waals surface area contributed by atoms with Crippen molar-refractivity contribution >= 4 is 21.4 Å². The topological polar surface area (TPSA) is 117 Å². The number of aromatic nitrogens is 6. The second-order valence-corrected chi connectivity index (χ2v) is 8.53. The molecule has 14 heteroatoms. The zero-order valence-corrected chi connectivity index (χ0v) is 15.9. The fourth-order valence-electron chi connectivity index (χ4n) is 2.34. The molecule has 3 rings (SSSR count). The normalized spacial score (nSPS) is 13.6. The van der Waals surface area contributed by atoms with Gasteiger partial charge in [0.2, 0.25) is 11.8 Å². The van der Waals surface area contributed by atoms with Gasteiger partial charge in [0.15, 0.2) is 15.7 Å². The van der Waals surface area contributed by atoms with Crippen LogP contribution in [0.2, 0.25) is 5.02 Å². The van der Waals surface area contributed by atoms with Crippen LogP contribution in [0.3, 0.4) is 0 Å². The fraction of sp³-hybridized carbons (Fsp3) is 0.357. The molecular formula is C14H12ClF3N6O3S. The standard InChI is InChI=1S/C14H12ClF3N6O3S/c1-7(13-21-19-8(2)27-13)28(25,26)6-12-20-22-23-24(12)11-4-3-9(15)5-10(11)14(16,17)18/h3-5,7H,6H2,1-2H3. The lowest BCUT2D eigenvalue weighted by atomic mass is 10.1. The van der Waals surface area contributed by atoms with Crippen LogP contribution in [0.4, 0.5) is 13.2 Å². The Labute approximate surface area is 161 Å². The summed E-state index contributed by atoms with van der Waals surface area (Å²) in [5.74, 6) is -1.02. The summed E-state index contributed by atoms with van der Waals surface area (Å²) in [6, 6.07) is 2.99. The maximum absolute atomic E-state index is 13.4. The smallest absolute Gasteiger partial charge is 0.418 e. The summed E-state index contributed by atoms with van der Waals surface area (Å²) >= 11 is 5.66. The van der Waals surface area contributed by atoms with Gasteiger partial charge in [-0.3, -0.25) is 0 Å². The minimum absolute atomic E-state index is 0.140. The van der Waals surface area contributed by atoms with E-state index in [9.17, 15) is 21.6 Å². The minimum Gasteiger partial charge on any atom is -0.424 e. The molecule has 0 aliphatic heterocycles. The molecule has 28 heavy (non-hydrogen) atoms. The van der Waals surface area contributed by atoms with Crippen LogP contribution in [-0.2, 0) is 21.8 Å². The summed E-state index contributed by atoms with van der Waals surface area (Å²) in [5, 5.41) is 16.3. The molecule has 0 aliphatic rings. The van der Waals surface area contributed by atoms with E-state index in [0.29, 0.717) is 10.7 Å². The highest BCUT2D eigenvalue weighted by Gasteiger charge is 2.36. The molecule has 1 aromatic carbocycles. The quantitative estimate of drug-likeness (QED) is 0.599. The summed E-state index contributed by atoms with van der Waals surface area (Å²) in [6.07, 6.45) is -4.75. The predicted molar refractivity (Wildman–Crippen MR) is 89.2 cm³/mol. The van der Waals surface area contributed by atoms with Gasteiger partial charge < -0.3 is 4.42 Å². The number of benzene rings is 1. The third-order valence-corrected chi connectivity index (χ3v) is 5.96. The first-order chi connectivity index (χ1) is 13.0. The van der Waals surface area contributed by atoms with Gasteiger partial charge in [-0.05, 0) is 35.5 Å². The molecule has 2 aromatic heterocycles. The monoisotopic (exact) mass is 436 g/mol. The number of nitrogens with zero attached hydrogens (tertiary/aromatic N) is 6. The number of halogens is 4. The average Bonchev–Trinajstić information content (AvgIpc) is 3.22. The number of aryl methyl sites for hydroxylation is 1. The van der Waals surface area contributed by atoms with Crippen LogP contribution in [0.5, 0.6) is 0 Å². The molecule has 0 saturated carbocycles. The summed E-state index contributed by atoms with van der Waals surface area (Å²) in [4.78, 5) is 0. The maximum Gasteiger partial charge on any atom is 0.418 e. The highest BCUT2D eigenvalue weighted by Crippen LogP contribution is 2.36. The Hall–Kier alpha value is -2.54. The van der Waals surface area contributed by atoms with Crippen molar-refractivity contribution in [3.8, 4) is 5.69 Å². The molecule has 0 amide bonds. The second-order valence-electron chi connectivity index (χ2n) is 5.77. The Morgan fingerprint density at radius 3 is 2.57 bits per heavy atom. The van der Waals surface area contributed by atoms with Gasteiger partial charge in [-0.25, -0.2) is 8.42 Å². The molecule has 0 bridgehead atoms. The maximum atomic E-state index is 13.4. The van der Waals surface area contributed by atoms with Gasteiger partial charge >= 0.3 is 6.18 Å². The van der Waals surface area contributed by atoms with E-state index >= 15 is 0 Å². The molecule has 2 heterocycles. The Bertz CT molecular complexity index is 1110. The second kappa shape index (κ2) is 7.13. The lowest BCUT2D eigenvalue weighted by Crippen LogP contribution is -2.18. The van der Waals surface area contributed by atoms with Crippen molar-refractivity contribution in [3.63, 3.8) is 0 Å². The summed E-state index contributed by atoms with van der Waals surface area (Å²) < 4.78 is 71.2. The fourth-order valence-corrected chi connectivity index (χ4v) is 3.70. The lowest BCUT2D eigenvalue weighted by molar-refractivity contribution is -0.137. The number of rotatable bonds is 5. The van der Waals surface area contributed by atoms with Gasteiger partial charge in [0.05, 0.1) is 11.3 Å². The van der Waals surface area contributed by atoms with Crippen LogP contribution in [0, 0.1) is 6.92 Å². The van der Waals surface area contributed by atoms with Gasteiger partial charge in [-0.15, -0.1) is 15.3 Å². The average molecular weight is 437 g/mol. The van der Waals surface area contributed by atoms with E-state index < -0.39 is 38.3 Å². The van der Waals surface area contributed by atoms with Crippen LogP contribution < -0.4 is 0 Å². The molecule has 0 aliphatic carbocycles. The van der Waals surface area contributed by atoms with Crippen molar-refractivity contribution in [1.29, 1.82) is 0 Å². The number of tetrazole rings is 1. The molecule has 0 saturated heterocycles. The van der Waals surface area contributed by atoms with E-state index in [2.05, 4.69) is 25.7 Å². The largest absolute Gasteiger partial charge is 0.424 e. The molecular weight excluding hydrogens is 425 g/mol. The third-order valence-electron chi connectivity index (χ3n) is 3.78. The Kier molecular flexibility index (Phi) is 5.14. The van der Waals surface area contributed by atoms with E-state index in [4.69, 9.17) is 16.0 Å². The van der Waals surface area contributed by atoms with Gasteiger partial charge in [0.1, 0.15) is 11.0 Å². The van der Waals surface area contributed by atoms with E-state index in [1.54, 1.807) is 0 Å². The van der Waals surface area contributed by atoms with Crippen molar-refractivity contribution in [2.75, 3.05) is 0 Å². The number of sulfone groups is 1. The van der Waals surface area contributed by atoms with Crippen molar-refractivity contribution in [2.24, 2.45) is 0 Å². The number of alkyl halides is 3. The number of hydrogen-bond donors (Lipinski definition) is 0. The molecule has 0 N–H and O–H groups in total. The lowest BCUT2D eigenvalue weighted by Gasteiger charge is -2.14. The van der Waals surface area contributed by atoms with E-state index in [0.717, 1.165) is 6.07 Å². The molecule has 3 aromatic rings. The molecule has 0 fully saturated rings. The van der Waals surface area contributed by atoms with Crippen LogP contribution >= 0.6 is 11.6 Å². The Morgan fingerprint density at radius 1 is 1.25 bits per heavy atom. The van der Waals surface area contributed by atoms with E-state index in [1.165, 1.54) is 19.9 Å². The first-order valence-electron chi connectivity index (χ1n) is 7.65. The molecule has 0 radical (unpaired) electrons. The zero-order valence-electron chi connectivity index (χ0n) is 14.3. The highest BCUT2D eigenvalue weighted by molar-refractivity contribution is 7.90. The molecule has 0 spiro atoms. The van der Waals surface area contributed by atoms with Gasteiger partial charge in [-0.2, -0.15) is 17.9 Å². The van der Waals surface area contributed by atoms with Gasteiger partial charge in [0.25, 0.3) is 0 Å². The first kappa shape index (κ1) is 20.2. The van der Waals surface area contributed by atoms with Gasteiger partial charge in [-0.1, -0.05) is 11.6 Å². The summed E-state index contributed by atoms with van der Waals surface area (Å²) in [6.45, 7) is 2.81. The Morgan fingerprint density at radius 2 is 1.96 bits per heavy atom. The van der Waals surface area contributed by atoms with Gasteiger partial charge in [0, 0.05) is 11.9 Å². The van der Waals surface area contributed by atoms with E-state index in [-0.39, 0.29) is 22.6 Å². The Balaban J connectivity index is 2.00.